The molecule has 1 aromatic rings. The number of carbonyl (C=O) groups excluding carboxylic acids is 2. The molecule has 0 amide bonds. The highest BCUT2D eigenvalue weighted by Gasteiger charge is 2.29. The molecule has 3 nitrogen and oxygen atoms in total. The SMILES string of the molecule is O=C1C=C(N2CCCC2)C(=O)c2ccccc21. The summed E-state index contributed by atoms with van der Waals surface area (Å²) in [6, 6.07) is 7.04. The fraction of sp³-hybridized carbons (Fsp3) is 0.286. The zero-order valence-corrected chi connectivity index (χ0v) is 9.48. The number of carbonyl (C=O) groups is 2. The van der Waals surface area contributed by atoms with Gasteiger partial charge < -0.3 is 4.90 Å². The van der Waals surface area contributed by atoms with Crippen molar-refractivity contribution in [2.24, 2.45) is 0 Å². The second kappa shape index (κ2) is 3.84. The normalized spacial score (nSPS) is 19.3. The molecule has 1 fully saturated rings. The lowest BCUT2D eigenvalue weighted by Gasteiger charge is -2.23. The Morgan fingerprint density at radius 1 is 0.941 bits per heavy atom. The number of ketones is 2. The molecule has 1 heterocycles. The number of likely N-dealkylation sites (tertiary alicyclic amines) is 1. The largest absolute Gasteiger partial charge is 0.368 e. The van der Waals surface area contributed by atoms with Gasteiger partial charge in [-0.25, -0.2) is 0 Å². The van der Waals surface area contributed by atoms with Crippen LogP contribution in [0, 0.1) is 0 Å². The smallest absolute Gasteiger partial charge is 0.209 e. The minimum Gasteiger partial charge on any atom is -0.368 e. The number of nitrogens with zero attached hydrogens (tertiary/aromatic N) is 1. The standard InChI is InChI=1S/C14H13NO2/c16-13-9-12(15-7-3-4-8-15)14(17)11-6-2-1-5-10(11)13/h1-2,5-6,9H,3-4,7-8H2. The maximum absolute atomic E-state index is 12.3. The molecule has 2 aliphatic rings. The van der Waals surface area contributed by atoms with Crippen LogP contribution in [0.4, 0.5) is 0 Å². The molecule has 1 aliphatic carbocycles. The zero-order chi connectivity index (χ0) is 11.8. The molecule has 0 atom stereocenters. The van der Waals surface area contributed by atoms with Gasteiger partial charge in [-0.05, 0) is 12.8 Å². The van der Waals surface area contributed by atoms with E-state index in [0.717, 1.165) is 25.9 Å². The van der Waals surface area contributed by atoms with Gasteiger partial charge >= 0.3 is 0 Å². The summed E-state index contributed by atoms with van der Waals surface area (Å²) < 4.78 is 0. The number of rotatable bonds is 1. The molecule has 0 unspecified atom stereocenters. The third kappa shape index (κ3) is 1.58. The molecule has 0 bridgehead atoms. The molecule has 3 rings (SSSR count). The Labute approximate surface area is 99.7 Å². The first kappa shape index (κ1) is 10.3. The lowest BCUT2D eigenvalue weighted by molar-refractivity contribution is 0.0957. The summed E-state index contributed by atoms with van der Waals surface area (Å²) in [5, 5.41) is 0. The third-order valence-corrected chi connectivity index (χ3v) is 3.38. The molecular formula is C14H13NO2. The zero-order valence-electron chi connectivity index (χ0n) is 9.48. The van der Waals surface area contributed by atoms with E-state index in [9.17, 15) is 9.59 Å². The fourth-order valence-electron chi connectivity index (χ4n) is 2.49. The number of allylic oxidation sites excluding steroid dienone is 2. The molecule has 0 radical (unpaired) electrons. The van der Waals surface area contributed by atoms with Crippen molar-refractivity contribution in [2.75, 3.05) is 13.1 Å². The van der Waals surface area contributed by atoms with Crippen molar-refractivity contribution in [3.05, 3.63) is 47.2 Å². The summed E-state index contributed by atoms with van der Waals surface area (Å²) in [7, 11) is 0. The summed E-state index contributed by atoms with van der Waals surface area (Å²) in [5.74, 6) is -0.0656. The van der Waals surface area contributed by atoms with E-state index >= 15 is 0 Å². The van der Waals surface area contributed by atoms with E-state index in [1.165, 1.54) is 6.08 Å². The summed E-state index contributed by atoms with van der Waals surface area (Å²) >= 11 is 0. The summed E-state index contributed by atoms with van der Waals surface area (Å²) in [5.41, 5.74) is 1.65. The Morgan fingerprint density at radius 3 is 2.29 bits per heavy atom. The van der Waals surface area contributed by atoms with Gasteiger partial charge in [0.25, 0.3) is 0 Å². The predicted octanol–water partition coefficient (Wildman–Crippen LogP) is 2.05. The highest BCUT2D eigenvalue weighted by atomic mass is 16.1. The first-order valence-electron chi connectivity index (χ1n) is 5.92. The van der Waals surface area contributed by atoms with Crippen LogP contribution in [-0.2, 0) is 0 Å². The van der Waals surface area contributed by atoms with Crippen LogP contribution in [0.2, 0.25) is 0 Å². The summed E-state index contributed by atoms with van der Waals surface area (Å²) in [4.78, 5) is 26.3. The maximum atomic E-state index is 12.3. The van der Waals surface area contributed by atoms with E-state index in [0.29, 0.717) is 16.8 Å². The van der Waals surface area contributed by atoms with E-state index in [4.69, 9.17) is 0 Å². The van der Waals surface area contributed by atoms with Crippen molar-refractivity contribution in [3.8, 4) is 0 Å². The van der Waals surface area contributed by atoms with Crippen molar-refractivity contribution >= 4 is 11.6 Å². The highest BCUT2D eigenvalue weighted by Crippen LogP contribution is 2.25. The topological polar surface area (TPSA) is 37.4 Å². The molecular weight excluding hydrogens is 214 g/mol. The number of hydrogen-bond donors (Lipinski definition) is 0. The maximum Gasteiger partial charge on any atom is 0.209 e. The van der Waals surface area contributed by atoms with Crippen LogP contribution in [0.25, 0.3) is 0 Å². The van der Waals surface area contributed by atoms with E-state index in [1.54, 1.807) is 24.3 Å². The average Bonchev–Trinajstić information content (AvgIpc) is 2.87. The van der Waals surface area contributed by atoms with Crippen LogP contribution in [0.15, 0.2) is 36.0 Å². The van der Waals surface area contributed by atoms with Crippen molar-refractivity contribution in [3.63, 3.8) is 0 Å². The van der Waals surface area contributed by atoms with Gasteiger partial charge in [-0.15, -0.1) is 0 Å². The molecule has 3 heteroatoms. The molecule has 86 valence electrons. The molecule has 1 saturated heterocycles. The first-order valence-corrected chi connectivity index (χ1v) is 5.92. The Bertz CT molecular complexity index is 525. The number of benzene rings is 1. The van der Waals surface area contributed by atoms with Crippen molar-refractivity contribution in [1.29, 1.82) is 0 Å². The first-order chi connectivity index (χ1) is 8.27. The quantitative estimate of drug-likeness (QED) is 0.736. The molecule has 0 saturated carbocycles. The fourth-order valence-corrected chi connectivity index (χ4v) is 2.49. The van der Waals surface area contributed by atoms with E-state index in [-0.39, 0.29) is 11.6 Å². The van der Waals surface area contributed by atoms with Crippen LogP contribution in [-0.4, -0.2) is 29.6 Å². The van der Waals surface area contributed by atoms with Crippen LogP contribution in [0.3, 0.4) is 0 Å². The Hall–Kier alpha value is -1.90. The van der Waals surface area contributed by atoms with Crippen molar-refractivity contribution in [2.45, 2.75) is 12.8 Å². The lowest BCUT2D eigenvalue weighted by atomic mass is 9.92. The van der Waals surface area contributed by atoms with Crippen LogP contribution >= 0.6 is 0 Å². The Kier molecular flexibility index (Phi) is 2.32. The van der Waals surface area contributed by atoms with Crippen molar-refractivity contribution < 1.29 is 9.59 Å². The number of Topliss-reactive ketones (excluding diaryl/α,β-unsaturated/α-hetero) is 1. The molecule has 0 N–H and O–H groups in total. The van der Waals surface area contributed by atoms with Gasteiger partial charge in [-0.1, -0.05) is 24.3 Å². The average molecular weight is 227 g/mol. The van der Waals surface area contributed by atoms with Crippen LogP contribution in [0.1, 0.15) is 33.6 Å². The van der Waals surface area contributed by atoms with E-state index < -0.39 is 0 Å². The van der Waals surface area contributed by atoms with Gasteiger partial charge in [0.1, 0.15) is 0 Å². The summed E-state index contributed by atoms with van der Waals surface area (Å²) in [6.45, 7) is 1.76. The highest BCUT2D eigenvalue weighted by molar-refractivity contribution is 6.24. The Balaban J connectivity index is 2.04. The number of hydrogen-bond acceptors (Lipinski definition) is 3. The molecule has 1 aromatic carbocycles. The lowest BCUT2D eigenvalue weighted by Crippen LogP contribution is -2.29. The van der Waals surface area contributed by atoms with Gasteiger partial charge in [-0.2, -0.15) is 0 Å². The minimum absolute atomic E-state index is 0.0119. The second-order valence-corrected chi connectivity index (χ2v) is 4.46. The van der Waals surface area contributed by atoms with Gasteiger partial charge in [0.15, 0.2) is 5.78 Å². The minimum atomic E-state index is -0.0536. The monoisotopic (exact) mass is 227 g/mol. The Morgan fingerprint density at radius 2 is 1.59 bits per heavy atom. The van der Waals surface area contributed by atoms with E-state index in [1.807, 2.05) is 4.90 Å². The second-order valence-electron chi connectivity index (χ2n) is 4.46. The van der Waals surface area contributed by atoms with Gasteiger partial charge in [0, 0.05) is 30.3 Å². The van der Waals surface area contributed by atoms with Gasteiger partial charge in [-0.3, -0.25) is 9.59 Å². The molecule has 0 spiro atoms. The van der Waals surface area contributed by atoms with Gasteiger partial charge in [0.2, 0.25) is 5.78 Å². The van der Waals surface area contributed by atoms with E-state index in [2.05, 4.69) is 0 Å². The van der Waals surface area contributed by atoms with Crippen LogP contribution < -0.4 is 0 Å². The molecule has 17 heavy (non-hydrogen) atoms. The molecule has 0 aromatic heterocycles. The predicted molar refractivity (Wildman–Crippen MR) is 64.0 cm³/mol. The molecule has 1 aliphatic heterocycles. The van der Waals surface area contributed by atoms with Gasteiger partial charge in [0.05, 0.1) is 5.70 Å². The third-order valence-electron chi connectivity index (χ3n) is 3.38. The van der Waals surface area contributed by atoms with Crippen LogP contribution in [0.5, 0.6) is 0 Å². The summed E-state index contributed by atoms with van der Waals surface area (Å²) in [6.07, 6.45) is 3.69. The number of fused-ring (bicyclic) bond motifs is 1. The van der Waals surface area contributed by atoms with Crippen molar-refractivity contribution in [1.82, 2.24) is 4.90 Å².